The van der Waals surface area contributed by atoms with Crippen molar-refractivity contribution in [3.63, 3.8) is 0 Å². The van der Waals surface area contributed by atoms with Gasteiger partial charge in [0, 0.05) is 17.1 Å². The molecule has 0 saturated carbocycles. The molecule has 1 aromatic rings. The molecule has 1 nitrogen and oxygen atoms in total. The van der Waals surface area contributed by atoms with Crippen molar-refractivity contribution in [1.29, 1.82) is 0 Å². The Kier molecular flexibility index (Phi) is 4.77. The average Bonchev–Trinajstić information content (AvgIpc) is 2.18. The normalized spacial score (nSPS) is 12.5. The topological polar surface area (TPSA) is 12.0 Å². The fourth-order valence-corrected chi connectivity index (χ4v) is 1.51. The minimum Gasteiger partial charge on any atom is -0.306 e. The van der Waals surface area contributed by atoms with Gasteiger partial charge in [0.15, 0.2) is 0 Å². The molecule has 82 valence electrons. The molecule has 0 amide bonds. The molecule has 0 bridgehead atoms. The molecule has 4 heteroatoms. The number of hydrogen-bond acceptors (Lipinski definition) is 1. The van der Waals surface area contributed by atoms with Gasteiger partial charge in [-0.15, -0.1) is 0 Å². The van der Waals surface area contributed by atoms with Crippen molar-refractivity contribution < 1.29 is 4.39 Å². The Morgan fingerprint density at radius 3 is 2.87 bits per heavy atom. The van der Waals surface area contributed by atoms with E-state index in [0.717, 1.165) is 10.0 Å². The molecule has 0 fully saturated rings. The first-order valence-electron chi connectivity index (χ1n) is 4.52. The molecule has 1 unspecified atom stereocenters. The van der Waals surface area contributed by atoms with Crippen molar-refractivity contribution in [3.05, 3.63) is 45.7 Å². The molecule has 1 atom stereocenters. The maximum atomic E-state index is 12.9. The molecular formula is C11H12BrClFN. The molecule has 1 N–H and O–H groups in total. The van der Waals surface area contributed by atoms with Gasteiger partial charge < -0.3 is 5.32 Å². The van der Waals surface area contributed by atoms with Crippen LogP contribution in [-0.4, -0.2) is 6.54 Å². The highest BCUT2D eigenvalue weighted by molar-refractivity contribution is 9.11. The maximum Gasteiger partial charge on any atom is 0.141 e. The van der Waals surface area contributed by atoms with E-state index in [-0.39, 0.29) is 11.1 Å². The van der Waals surface area contributed by atoms with Gasteiger partial charge in [-0.2, -0.15) is 0 Å². The summed E-state index contributed by atoms with van der Waals surface area (Å²) in [5, 5.41) is 3.37. The summed E-state index contributed by atoms with van der Waals surface area (Å²) in [5.41, 5.74) is 0.954. The van der Waals surface area contributed by atoms with Crippen molar-refractivity contribution in [3.8, 4) is 0 Å². The summed E-state index contributed by atoms with van der Waals surface area (Å²) in [5.74, 6) is -0.391. The van der Waals surface area contributed by atoms with Crippen LogP contribution < -0.4 is 5.32 Å². The van der Waals surface area contributed by atoms with E-state index < -0.39 is 5.82 Å². The van der Waals surface area contributed by atoms with E-state index >= 15 is 0 Å². The Morgan fingerprint density at radius 2 is 2.33 bits per heavy atom. The van der Waals surface area contributed by atoms with Gasteiger partial charge in [0.05, 0.1) is 5.02 Å². The minimum absolute atomic E-state index is 0.109. The van der Waals surface area contributed by atoms with Gasteiger partial charge in [0.25, 0.3) is 0 Å². The smallest absolute Gasteiger partial charge is 0.141 e. The first-order valence-corrected chi connectivity index (χ1v) is 5.69. The van der Waals surface area contributed by atoms with Crippen molar-refractivity contribution in [1.82, 2.24) is 5.32 Å². The molecule has 0 heterocycles. The Morgan fingerprint density at radius 1 is 1.67 bits per heavy atom. The second-order valence-electron chi connectivity index (χ2n) is 3.29. The summed E-state index contributed by atoms with van der Waals surface area (Å²) in [6.07, 6.45) is 0. The van der Waals surface area contributed by atoms with Crippen molar-refractivity contribution >= 4 is 27.5 Å². The van der Waals surface area contributed by atoms with Gasteiger partial charge in [-0.05, 0) is 24.6 Å². The number of halogens is 3. The van der Waals surface area contributed by atoms with Crippen LogP contribution >= 0.6 is 27.5 Å². The quantitative estimate of drug-likeness (QED) is 0.883. The van der Waals surface area contributed by atoms with E-state index in [2.05, 4.69) is 27.8 Å². The maximum absolute atomic E-state index is 12.9. The van der Waals surface area contributed by atoms with Crippen LogP contribution in [0.15, 0.2) is 29.3 Å². The number of benzene rings is 1. The molecule has 0 radical (unpaired) electrons. The van der Waals surface area contributed by atoms with E-state index in [4.69, 9.17) is 11.6 Å². The van der Waals surface area contributed by atoms with E-state index in [0.29, 0.717) is 6.54 Å². The second kappa shape index (κ2) is 5.64. The fraction of sp³-hybridized carbons (Fsp3) is 0.273. The standard InChI is InChI=1S/C11H12BrClFN/c1-7(12)6-15-8(2)9-3-4-11(14)10(13)5-9/h3-5,8,15H,1,6H2,2H3. The zero-order chi connectivity index (χ0) is 11.4. The number of rotatable bonds is 4. The van der Waals surface area contributed by atoms with Crippen LogP contribution in [0.25, 0.3) is 0 Å². The molecule has 0 saturated heterocycles. The van der Waals surface area contributed by atoms with Crippen LogP contribution in [0.3, 0.4) is 0 Å². The van der Waals surface area contributed by atoms with Crippen LogP contribution in [0.2, 0.25) is 5.02 Å². The lowest BCUT2D eigenvalue weighted by Gasteiger charge is -2.14. The van der Waals surface area contributed by atoms with Crippen molar-refractivity contribution in [2.45, 2.75) is 13.0 Å². The largest absolute Gasteiger partial charge is 0.306 e. The highest BCUT2D eigenvalue weighted by Crippen LogP contribution is 2.20. The van der Waals surface area contributed by atoms with E-state index in [1.807, 2.05) is 6.92 Å². The fourth-order valence-electron chi connectivity index (χ4n) is 1.16. The van der Waals surface area contributed by atoms with E-state index in [9.17, 15) is 4.39 Å². The lowest BCUT2D eigenvalue weighted by Crippen LogP contribution is -2.19. The number of hydrogen-bond donors (Lipinski definition) is 1. The Bertz CT molecular complexity index is 368. The van der Waals surface area contributed by atoms with Gasteiger partial charge in [-0.25, -0.2) is 4.39 Å². The summed E-state index contributed by atoms with van der Waals surface area (Å²) in [6, 6.07) is 4.83. The molecule has 0 aliphatic carbocycles. The van der Waals surface area contributed by atoms with E-state index in [1.165, 1.54) is 6.07 Å². The predicted octanol–water partition coefficient (Wildman–Crippen LogP) is 4.04. The highest BCUT2D eigenvalue weighted by atomic mass is 79.9. The third kappa shape index (κ3) is 3.93. The van der Waals surface area contributed by atoms with Gasteiger partial charge in [-0.1, -0.05) is 40.2 Å². The SMILES string of the molecule is C=C(Br)CNC(C)c1ccc(F)c(Cl)c1. The third-order valence-corrected chi connectivity index (χ3v) is 2.61. The summed E-state index contributed by atoms with van der Waals surface area (Å²) < 4.78 is 13.8. The Hall–Kier alpha value is -0.380. The monoisotopic (exact) mass is 291 g/mol. The molecule has 1 rings (SSSR count). The van der Waals surface area contributed by atoms with Gasteiger partial charge in [0.2, 0.25) is 0 Å². The van der Waals surface area contributed by atoms with Crippen LogP contribution in [0.5, 0.6) is 0 Å². The second-order valence-corrected chi connectivity index (χ2v) is 4.82. The summed E-state index contributed by atoms with van der Waals surface area (Å²) >= 11 is 8.95. The summed E-state index contributed by atoms with van der Waals surface area (Å²) in [6.45, 7) is 6.37. The zero-order valence-electron chi connectivity index (χ0n) is 8.36. The summed E-state index contributed by atoms with van der Waals surface area (Å²) in [4.78, 5) is 0. The highest BCUT2D eigenvalue weighted by Gasteiger charge is 2.07. The van der Waals surface area contributed by atoms with Gasteiger partial charge in [-0.3, -0.25) is 0 Å². The van der Waals surface area contributed by atoms with Crippen molar-refractivity contribution in [2.75, 3.05) is 6.54 Å². The first-order chi connectivity index (χ1) is 7.00. The van der Waals surface area contributed by atoms with Crippen LogP contribution in [0, 0.1) is 5.82 Å². The van der Waals surface area contributed by atoms with Crippen LogP contribution in [0.4, 0.5) is 4.39 Å². The lowest BCUT2D eigenvalue weighted by molar-refractivity contribution is 0.605. The van der Waals surface area contributed by atoms with Crippen molar-refractivity contribution in [2.24, 2.45) is 0 Å². The molecule has 0 aromatic heterocycles. The minimum atomic E-state index is -0.391. The van der Waals surface area contributed by atoms with Crippen LogP contribution in [-0.2, 0) is 0 Å². The molecule has 0 aliphatic heterocycles. The lowest BCUT2D eigenvalue weighted by atomic mass is 10.1. The predicted molar refractivity (Wildman–Crippen MR) is 65.9 cm³/mol. The van der Waals surface area contributed by atoms with E-state index in [1.54, 1.807) is 12.1 Å². The Balaban J connectivity index is 2.69. The molecular weight excluding hydrogens is 280 g/mol. The Labute approximate surface area is 102 Å². The number of nitrogens with one attached hydrogen (secondary N) is 1. The molecule has 15 heavy (non-hydrogen) atoms. The zero-order valence-corrected chi connectivity index (χ0v) is 10.7. The van der Waals surface area contributed by atoms with Gasteiger partial charge in [0.1, 0.15) is 5.82 Å². The molecule has 1 aromatic carbocycles. The average molecular weight is 293 g/mol. The first kappa shape index (κ1) is 12.7. The molecule has 0 spiro atoms. The van der Waals surface area contributed by atoms with Gasteiger partial charge >= 0.3 is 0 Å². The molecule has 0 aliphatic rings. The van der Waals surface area contributed by atoms with Crippen LogP contribution in [0.1, 0.15) is 18.5 Å². The summed E-state index contributed by atoms with van der Waals surface area (Å²) in [7, 11) is 0. The third-order valence-electron chi connectivity index (χ3n) is 2.04.